The molecule has 1 atom stereocenters. The average molecular weight is 193 g/mol. The molecule has 0 N–H and O–H groups in total. The molecule has 68 valence electrons. The van der Waals surface area contributed by atoms with Crippen LogP contribution in [0.4, 0.5) is 0 Å². The van der Waals surface area contributed by atoms with Crippen molar-refractivity contribution in [3.05, 3.63) is 27.9 Å². The molecule has 0 fully saturated rings. The van der Waals surface area contributed by atoms with E-state index in [9.17, 15) is 0 Å². The lowest BCUT2D eigenvalue weighted by atomic mass is 10.0. The summed E-state index contributed by atoms with van der Waals surface area (Å²) in [5.41, 5.74) is 2.43. The van der Waals surface area contributed by atoms with Gasteiger partial charge in [-0.05, 0) is 19.4 Å². The van der Waals surface area contributed by atoms with Gasteiger partial charge in [0, 0.05) is 6.20 Å². The van der Waals surface area contributed by atoms with Crippen molar-refractivity contribution in [2.45, 2.75) is 25.8 Å². The van der Waals surface area contributed by atoms with E-state index in [2.05, 4.69) is 28.8 Å². The average Bonchev–Trinajstić information content (AvgIpc) is 2.47. The van der Waals surface area contributed by atoms with Gasteiger partial charge in [0.25, 0.3) is 0 Å². The van der Waals surface area contributed by atoms with E-state index in [0.717, 1.165) is 16.6 Å². The Bertz CT molecular complexity index is 446. The van der Waals surface area contributed by atoms with Crippen LogP contribution in [0.15, 0.2) is 27.8 Å². The molecular weight excluding hydrogens is 182 g/mol. The van der Waals surface area contributed by atoms with Crippen LogP contribution in [0, 0.1) is 0 Å². The number of thiazole rings is 1. The molecule has 0 saturated heterocycles. The predicted molar refractivity (Wildman–Crippen MR) is 52.3 cm³/mol. The van der Waals surface area contributed by atoms with Crippen LogP contribution in [0.5, 0.6) is 0 Å². The van der Waals surface area contributed by atoms with Crippen molar-refractivity contribution in [2.75, 3.05) is 0 Å². The third-order valence-corrected chi connectivity index (χ3v) is 2.96. The van der Waals surface area contributed by atoms with Crippen molar-refractivity contribution in [1.29, 1.82) is 0 Å². The van der Waals surface area contributed by atoms with Crippen molar-refractivity contribution in [2.24, 2.45) is 9.98 Å². The Morgan fingerprint density at radius 3 is 3.15 bits per heavy atom. The van der Waals surface area contributed by atoms with Crippen LogP contribution >= 0.6 is 11.3 Å². The molecule has 1 aliphatic heterocycles. The van der Waals surface area contributed by atoms with E-state index >= 15 is 0 Å². The molecule has 0 bridgehead atoms. The summed E-state index contributed by atoms with van der Waals surface area (Å²) in [7, 11) is 0. The molecule has 0 aliphatic carbocycles. The third-order valence-electron chi connectivity index (χ3n) is 2.23. The number of aromatic nitrogens is 1. The van der Waals surface area contributed by atoms with E-state index < -0.39 is 0 Å². The van der Waals surface area contributed by atoms with Gasteiger partial charge >= 0.3 is 0 Å². The van der Waals surface area contributed by atoms with Crippen LogP contribution < -0.4 is 10.2 Å². The van der Waals surface area contributed by atoms with Crippen molar-refractivity contribution in [3.63, 3.8) is 0 Å². The molecule has 1 aromatic rings. The summed E-state index contributed by atoms with van der Waals surface area (Å²) in [5, 5.41) is 0. The van der Waals surface area contributed by atoms with E-state index in [1.54, 1.807) is 5.51 Å². The highest BCUT2D eigenvalue weighted by atomic mass is 32.1. The predicted octanol–water partition coefficient (Wildman–Crippen LogP) is 1.08. The molecule has 13 heavy (non-hydrogen) atoms. The second-order valence-corrected chi connectivity index (χ2v) is 4.08. The number of nitrogens with zero attached hydrogens (tertiary/aromatic N) is 3. The first-order valence-corrected chi connectivity index (χ1v) is 5.16. The highest BCUT2D eigenvalue weighted by molar-refractivity contribution is 7.06. The summed E-state index contributed by atoms with van der Waals surface area (Å²) in [6, 6.07) is 0. The summed E-state index contributed by atoms with van der Waals surface area (Å²) in [4.78, 5) is 13.0. The second-order valence-electron chi connectivity index (χ2n) is 3.25. The highest BCUT2D eigenvalue weighted by Gasteiger charge is 2.17. The molecular formula is C9H11N3S. The topological polar surface area (TPSA) is 37.6 Å². The normalized spacial score (nSPS) is 25.7. The van der Waals surface area contributed by atoms with Crippen molar-refractivity contribution in [1.82, 2.24) is 4.98 Å². The maximum atomic E-state index is 4.57. The summed E-state index contributed by atoms with van der Waals surface area (Å²) >= 11 is 1.53. The van der Waals surface area contributed by atoms with Crippen molar-refractivity contribution in [3.8, 4) is 0 Å². The van der Waals surface area contributed by atoms with E-state index in [1.165, 1.54) is 11.3 Å². The van der Waals surface area contributed by atoms with Crippen LogP contribution in [0.25, 0.3) is 0 Å². The minimum Gasteiger partial charge on any atom is -0.253 e. The Labute approximate surface area is 80.6 Å². The molecule has 0 saturated carbocycles. The van der Waals surface area contributed by atoms with Crippen LogP contribution in [-0.4, -0.2) is 10.5 Å². The largest absolute Gasteiger partial charge is 0.253 e. The molecule has 2 heterocycles. The zero-order valence-corrected chi connectivity index (χ0v) is 8.51. The van der Waals surface area contributed by atoms with Gasteiger partial charge in [0.2, 0.25) is 0 Å². The molecule has 0 spiro atoms. The zero-order chi connectivity index (χ0) is 9.31. The van der Waals surface area contributed by atoms with Gasteiger partial charge in [-0.1, -0.05) is 6.92 Å². The lowest BCUT2D eigenvalue weighted by Gasteiger charge is -2.16. The standard InChI is InChI=1S/C9H11N3S/c1-3-9(2)4-5-10-8-7(12-9)11-6-13-8/h4-6H,3H2,1-2H3. The van der Waals surface area contributed by atoms with Crippen LogP contribution in [0.2, 0.25) is 0 Å². The lowest BCUT2D eigenvalue weighted by Crippen LogP contribution is -2.27. The molecule has 1 aliphatic rings. The summed E-state index contributed by atoms with van der Waals surface area (Å²) in [6.45, 7) is 4.21. The quantitative estimate of drug-likeness (QED) is 0.657. The van der Waals surface area contributed by atoms with Gasteiger partial charge in [-0.25, -0.2) is 9.98 Å². The Kier molecular flexibility index (Phi) is 2.00. The smallest absolute Gasteiger partial charge is 0.185 e. The molecule has 2 rings (SSSR count). The zero-order valence-electron chi connectivity index (χ0n) is 7.69. The fourth-order valence-corrected chi connectivity index (χ4v) is 1.72. The van der Waals surface area contributed by atoms with E-state index in [1.807, 2.05) is 12.3 Å². The Balaban J connectivity index is 2.66. The van der Waals surface area contributed by atoms with E-state index in [-0.39, 0.29) is 5.54 Å². The van der Waals surface area contributed by atoms with Crippen LogP contribution in [-0.2, 0) is 0 Å². The number of hydrogen-bond donors (Lipinski definition) is 0. The first kappa shape index (κ1) is 8.56. The van der Waals surface area contributed by atoms with Gasteiger partial charge in [-0.15, -0.1) is 11.3 Å². The lowest BCUT2D eigenvalue weighted by molar-refractivity contribution is 0.549. The Morgan fingerprint density at radius 2 is 2.38 bits per heavy atom. The first-order chi connectivity index (χ1) is 6.23. The van der Waals surface area contributed by atoms with Crippen LogP contribution in [0.3, 0.4) is 0 Å². The van der Waals surface area contributed by atoms with Crippen molar-refractivity contribution >= 4 is 11.3 Å². The monoisotopic (exact) mass is 193 g/mol. The summed E-state index contributed by atoms with van der Waals surface area (Å²) in [5.74, 6) is 0. The molecule has 0 amide bonds. The third kappa shape index (κ3) is 1.54. The number of rotatable bonds is 1. The summed E-state index contributed by atoms with van der Waals surface area (Å²) < 4.78 is 0.911. The van der Waals surface area contributed by atoms with Gasteiger partial charge < -0.3 is 0 Å². The van der Waals surface area contributed by atoms with E-state index in [4.69, 9.17) is 0 Å². The van der Waals surface area contributed by atoms with Crippen LogP contribution in [0.1, 0.15) is 20.3 Å². The Hall–Kier alpha value is -1.03. The highest BCUT2D eigenvalue weighted by Crippen LogP contribution is 2.16. The summed E-state index contributed by atoms with van der Waals surface area (Å²) in [6.07, 6.45) is 4.83. The van der Waals surface area contributed by atoms with Gasteiger partial charge in [0.05, 0.1) is 11.0 Å². The SMILES string of the molecule is CCC1(C)C=CN=c2scnc2=N1. The molecule has 0 aromatic carbocycles. The second kappa shape index (κ2) is 3.03. The number of hydrogen-bond acceptors (Lipinski definition) is 4. The van der Waals surface area contributed by atoms with Gasteiger partial charge in [-0.2, -0.15) is 0 Å². The minimum atomic E-state index is -0.136. The van der Waals surface area contributed by atoms with Gasteiger partial charge in [0.1, 0.15) is 0 Å². The first-order valence-electron chi connectivity index (χ1n) is 4.28. The maximum Gasteiger partial charge on any atom is 0.185 e. The number of fused-ring (bicyclic) bond motifs is 1. The fraction of sp³-hybridized carbons (Fsp3) is 0.444. The molecule has 1 unspecified atom stereocenters. The van der Waals surface area contributed by atoms with Crippen molar-refractivity contribution < 1.29 is 0 Å². The maximum absolute atomic E-state index is 4.57. The Morgan fingerprint density at radius 1 is 1.54 bits per heavy atom. The molecule has 0 radical (unpaired) electrons. The van der Waals surface area contributed by atoms with Gasteiger partial charge in [-0.3, -0.25) is 4.99 Å². The minimum absolute atomic E-state index is 0.136. The molecule has 3 nitrogen and oxygen atoms in total. The van der Waals surface area contributed by atoms with Gasteiger partial charge in [0.15, 0.2) is 10.2 Å². The molecule has 4 heteroatoms. The molecule has 1 aromatic heterocycles. The fourth-order valence-electron chi connectivity index (χ4n) is 1.14. The van der Waals surface area contributed by atoms with E-state index in [0.29, 0.717) is 0 Å².